The van der Waals surface area contributed by atoms with Crippen LogP contribution in [0.1, 0.15) is 18.9 Å². The van der Waals surface area contributed by atoms with Gasteiger partial charge in [-0.15, -0.1) is 0 Å². The Morgan fingerprint density at radius 1 is 1.41 bits per heavy atom. The maximum absolute atomic E-state index is 11.0. The summed E-state index contributed by atoms with van der Waals surface area (Å²) >= 11 is -2.36. The fourth-order valence-corrected chi connectivity index (χ4v) is 2.39. The molecular weight excluding hydrogens is 240 g/mol. The van der Waals surface area contributed by atoms with Gasteiger partial charge in [-0.25, -0.2) is 0 Å². The van der Waals surface area contributed by atoms with E-state index in [9.17, 15) is 13.6 Å². The lowest BCUT2D eigenvalue weighted by molar-refractivity contribution is -0.141. The molecular formula is C12H15O4S-. The molecule has 1 aromatic carbocycles. The average molecular weight is 255 g/mol. The summed E-state index contributed by atoms with van der Waals surface area (Å²) < 4.78 is 22.0. The summed E-state index contributed by atoms with van der Waals surface area (Å²) in [4.78, 5) is 10.8. The number of carbonyl (C=O) groups is 1. The highest BCUT2D eigenvalue weighted by Crippen LogP contribution is 2.16. The minimum absolute atomic E-state index is 0.327. The van der Waals surface area contributed by atoms with E-state index >= 15 is 0 Å². The van der Waals surface area contributed by atoms with Crippen molar-refractivity contribution in [2.75, 3.05) is 0 Å². The fraction of sp³-hybridized carbons (Fsp3) is 0.417. The van der Waals surface area contributed by atoms with Gasteiger partial charge in [-0.1, -0.05) is 48.3 Å². The smallest absolute Gasteiger partial charge is 0.307 e. The van der Waals surface area contributed by atoms with Crippen LogP contribution in [-0.4, -0.2) is 25.1 Å². The van der Waals surface area contributed by atoms with Crippen LogP contribution in [0.3, 0.4) is 0 Å². The lowest BCUT2D eigenvalue weighted by Crippen LogP contribution is -2.30. The van der Waals surface area contributed by atoms with Crippen LogP contribution in [0.5, 0.6) is 0 Å². The van der Waals surface area contributed by atoms with Crippen molar-refractivity contribution in [1.82, 2.24) is 0 Å². The van der Waals surface area contributed by atoms with Gasteiger partial charge in [-0.05, 0) is 18.4 Å². The maximum Gasteiger partial charge on any atom is 0.307 e. The number of aryl methyl sites for hydroxylation is 1. The lowest BCUT2D eigenvalue weighted by Gasteiger charge is -2.23. The normalized spacial score (nSPS) is 16.1. The van der Waals surface area contributed by atoms with Gasteiger partial charge < -0.3 is 9.66 Å². The van der Waals surface area contributed by atoms with Gasteiger partial charge in [0, 0.05) is 5.25 Å². The van der Waals surface area contributed by atoms with E-state index in [-0.39, 0.29) is 0 Å². The van der Waals surface area contributed by atoms with Crippen LogP contribution in [0.15, 0.2) is 30.3 Å². The molecule has 1 N–H and O–H groups in total. The van der Waals surface area contributed by atoms with Crippen LogP contribution in [0.2, 0.25) is 0 Å². The molecule has 17 heavy (non-hydrogen) atoms. The summed E-state index contributed by atoms with van der Waals surface area (Å²) in [5, 5.41) is 7.99. The third-order valence-corrected chi connectivity index (χ3v) is 3.89. The monoisotopic (exact) mass is 255 g/mol. The Kier molecular flexibility index (Phi) is 5.31. The molecule has 0 aliphatic rings. The van der Waals surface area contributed by atoms with Gasteiger partial charge in [0.2, 0.25) is 0 Å². The largest absolute Gasteiger partial charge is 0.772 e. The quantitative estimate of drug-likeness (QED) is 0.783. The van der Waals surface area contributed by atoms with E-state index < -0.39 is 28.2 Å². The number of hydrogen-bond donors (Lipinski definition) is 1. The summed E-state index contributed by atoms with van der Waals surface area (Å²) in [6.07, 6.45) is 0.894. The van der Waals surface area contributed by atoms with Crippen LogP contribution >= 0.6 is 0 Å². The van der Waals surface area contributed by atoms with Gasteiger partial charge in [0.05, 0.1) is 5.92 Å². The summed E-state index contributed by atoms with van der Waals surface area (Å²) in [6, 6.07) is 9.43. The van der Waals surface area contributed by atoms with E-state index in [4.69, 9.17) is 5.11 Å². The standard InChI is InChI=1S/C12H16O4S/c1-9(12(13)14)11(17(15)16)8-7-10-5-3-2-4-6-10/h2-6,9,11H,7-8H2,1H3,(H,13,14)(H,15,16)/p-1. The molecule has 0 bridgehead atoms. The van der Waals surface area contributed by atoms with Gasteiger partial charge in [-0.3, -0.25) is 9.00 Å². The van der Waals surface area contributed by atoms with E-state index in [1.54, 1.807) is 0 Å². The van der Waals surface area contributed by atoms with Crippen LogP contribution < -0.4 is 0 Å². The number of carboxylic acid groups (broad SMARTS) is 1. The number of benzene rings is 1. The van der Waals surface area contributed by atoms with E-state index in [0.29, 0.717) is 12.8 Å². The Morgan fingerprint density at radius 2 is 2.00 bits per heavy atom. The second-order valence-electron chi connectivity index (χ2n) is 3.95. The van der Waals surface area contributed by atoms with Crippen LogP contribution in [0.25, 0.3) is 0 Å². The molecule has 0 aliphatic carbocycles. The van der Waals surface area contributed by atoms with Crippen molar-refractivity contribution in [3.8, 4) is 0 Å². The van der Waals surface area contributed by atoms with Crippen molar-refractivity contribution >= 4 is 17.0 Å². The first-order valence-electron chi connectivity index (χ1n) is 5.37. The molecule has 0 heterocycles. The highest BCUT2D eigenvalue weighted by atomic mass is 32.2. The highest BCUT2D eigenvalue weighted by molar-refractivity contribution is 7.79. The molecule has 4 nitrogen and oxygen atoms in total. The Bertz CT molecular complexity index is 391. The Balaban J connectivity index is 2.63. The fourth-order valence-electron chi connectivity index (χ4n) is 1.63. The van der Waals surface area contributed by atoms with Crippen molar-refractivity contribution in [2.24, 2.45) is 5.92 Å². The highest BCUT2D eigenvalue weighted by Gasteiger charge is 2.24. The van der Waals surface area contributed by atoms with Gasteiger partial charge in [0.1, 0.15) is 0 Å². The molecule has 5 heteroatoms. The molecule has 1 aromatic rings. The summed E-state index contributed by atoms with van der Waals surface area (Å²) in [5.41, 5.74) is 1.01. The second kappa shape index (κ2) is 6.51. The van der Waals surface area contributed by atoms with E-state index in [1.807, 2.05) is 30.3 Å². The van der Waals surface area contributed by atoms with Crippen molar-refractivity contribution in [3.63, 3.8) is 0 Å². The summed E-state index contributed by atoms with van der Waals surface area (Å²) in [6.45, 7) is 1.42. The average Bonchev–Trinajstić information content (AvgIpc) is 2.29. The SMILES string of the molecule is CC(C(=O)O)C(CCc1ccccc1)S(=O)[O-]. The van der Waals surface area contributed by atoms with Crippen LogP contribution in [0.4, 0.5) is 0 Å². The van der Waals surface area contributed by atoms with E-state index in [2.05, 4.69) is 0 Å². The van der Waals surface area contributed by atoms with Gasteiger partial charge >= 0.3 is 5.97 Å². The zero-order chi connectivity index (χ0) is 12.8. The Hall–Kier alpha value is -1.20. The molecule has 1 rings (SSSR count). The number of aliphatic carboxylic acids is 1. The van der Waals surface area contributed by atoms with Crippen LogP contribution in [-0.2, 0) is 22.3 Å². The molecule has 0 amide bonds. The predicted octanol–water partition coefficient (Wildman–Crippen LogP) is 1.59. The first kappa shape index (κ1) is 13.9. The van der Waals surface area contributed by atoms with Crippen molar-refractivity contribution in [2.45, 2.75) is 25.0 Å². The molecule has 3 unspecified atom stereocenters. The van der Waals surface area contributed by atoms with Crippen molar-refractivity contribution in [1.29, 1.82) is 0 Å². The minimum Gasteiger partial charge on any atom is -0.772 e. The molecule has 3 atom stereocenters. The summed E-state index contributed by atoms with van der Waals surface area (Å²) in [5.74, 6) is -1.95. The van der Waals surface area contributed by atoms with Crippen molar-refractivity contribution in [3.05, 3.63) is 35.9 Å². The molecule has 94 valence electrons. The van der Waals surface area contributed by atoms with Crippen molar-refractivity contribution < 1.29 is 18.7 Å². The molecule has 0 radical (unpaired) electrons. The Labute approximate surface area is 103 Å². The first-order chi connectivity index (χ1) is 8.02. The summed E-state index contributed by atoms with van der Waals surface area (Å²) in [7, 11) is 0. The molecule has 0 saturated carbocycles. The zero-order valence-corrected chi connectivity index (χ0v) is 10.4. The number of rotatable bonds is 6. The van der Waals surface area contributed by atoms with Gasteiger partial charge in [0.15, 0.2) is 0 Å². The Morgan fingerprint density at radius 3 is 2.47 bits per heavy atom. The minimum atomic E-state index is -2.36. The number of carboxylic acids is 1. The molecule has 0 aliphatic heterocycles. The topological polar surface area (TPSA) is 77.4 Å². The lowest BCUT2D eigenvalue weighted by atomic mass is 10.0. The molecule has 0 fully saturated rings. The van der Waals surface area contributed by atoms with E-state index in [0.717, 1.165) is 5.56 Å². The molecule has 0 spiro atoms. The zero-order valence-electron chi connectivity index (χ0n) is 9.54. The molecule has 0 aromatic heterocycles. The predicted molar refractivity (Wildman–Crippen MR) is 64.3 cm³/mol. The molecule has 0 saturated heterocycles. The first-order valence-corrected chi connectivity index (χ1v) is 6.51. The van der Waals surface area contributed by atoms with Gasteiger partial charge in [-0.2, -0.15) is 0 Å². The van der Waals surface area contributed by atoms with Gasteiger partial charge in [0.25, 0.3) is 0 Å². The second-order valence-corrected chi connectivity index (χ2v) is 5.08. The number of hydrogen-bond acceptors (Lipinski definition) is 3. The third kappa shape index (κ3) is 4.28. The third-order valence-electron chi connectivity index (χ3n) is 2.75. The maximum atomic E-state index is 11.0. The van der Waals surface area contributed by atoms with E-state index in [1.165, 1.54) is 6.92 Å². The van der Waals surface area contributed by atoms with Crippen LogP contribution in [0, 0.1) is 5.92 Å².